The molecule has 3 N–H and O–H groups in total. The maximum Gasteiger partial charge on any atom is 0.246 e. The van der Waals surface area contributed by atoms with Crippen molar-refractivity contribution >= 4 is 39.0 Å². The van der Waals surface area contributed by atoms with Crippen molar-refractivity contribution in [1.29, 1.82) is 0 Å². The van der Waals surface area contributed by atoms with E-state index in [1.165, 1.54) is 28.6 Å². The second-order valence-electron chi connectivity index (χ2n) is 6.74. The molecule has 3 aromatic rings. The number of thioether (sulfide) groups is 1. The van der Waals surface area contributed by atoms with Gasteiger partial charge in [-0.25, -0.2) is 13.1 Å². The number of carbonyl (C=O) groups is 1. The van der Waals surface area contributed by atoms with Crippen LogP contribution < -0.4 is 11.1 Å². The second-order valence-corrected chi connectivity index (χ2v) is 9.88. The van der Waals surface area contributed by atoms with Crippen LogP contribution in [0.15, 0.2) is 63.3 Å². The number of amides is 1. The van der Waals surface area contributed by atoms with Gasteiger partial charge in [-0.05, 0) is 42.9 Å². The number of nitrogens with one attached hydrogen (secondary N) is 1. The first-order chi connectivity index (χ1) is 14.3. The molecule has 3 rings (SSSR count). The summed E-state index contributed by atoms with van der Waals surface area (Å²) in [6, 6.07) is 13.8. The van der Waals surface area contributed by atoms with E-state index in [9.17, 15) is 13.2 Å². The quantitative estimate of drug-likeness (QED) is 0.539. The smallest absolute Gasteiger partial charge is 0.246 e. The molecule has 0 aliphatic heterocycles. The number of aromatic nitrogens is 2. The SMILES string of the molecule is CCSc1nn(CC(=O)Nc2c(C)cccc2C)c(N)c1S(=O)(=O)c1ccccc1. The number of para-hydroxylation sites is 1. The van der Waals surface area contributed by atoms with Crippen molar-refractivity contribution in [2.75, 3.05) is 16.8 Å². The highest BCUT2D eigenvalue weighted by molar-refractivity contribution is 8.00. The number of hydrogen-bond acceptors (Lipinski definition) is 6. The average Bonchev–Trinajstić information content (AvgIpc) is 3.01. The van der Waals surface area contributed by atoms with Crippen LogP contribution in [0.3, 0.4) is 0 Å². The van der Waals surface area contributed by atoms with Crippen LogP contribution in [0.1, 0.15) is 18.1 Å². The Labute approximate surface area is 180 Å². The number of nitrogens with two attached hydrogens (primary N) is 1. The number of sulfone groups is 1. The minimum Gasteiger partial charge on any atom is -0.383 e. The molecule has 0 aliphatic rings. The first kappa shape index (κ1) is 21.9. The zero-order chi connectivity index (χ0) is 21.9. The summed E-state index contributed by atoms with van der Waals surface area (Å²) in [6.45, 7) is 5.52. The summed E-state index contributed by atoms with van der Waals surface area (Å²) in [7, 11) is -3.87. The van der Waals surface area contributed by atoms with E-state index < -0.39 is 9.84 Å². The van der Waals surface area contributed by atoms with Crippen LogP contribution in [0.5, 0.6) is 0 Å². The third-order valence-corrected chi connectivity index (χ3v) is 7.37. The van der Waals surface area contributed by atoms with Gasteiger partial charge in [0, 0.05) is 5.69 Å². The largest absolute Gasteiger partial charge is 0.383 e. The fourth-order valence-electron chi connectivity index (χ4n) is 3.08. The molecule has 0 saturated carbocycles. The number of rotatable bonds is 7. The van der Waals surface area contributed by atoms with E-state index in [0.717, 1.165) is 16.8 Å². The third kappa shape index (κ3) is 4.36. The summed E-state index contributed by atoms with van der Waals surface area (Å²) >= 11 is 1.27. The molecule has 0 radical (unpaired) electrons. The van der Waals surface area contributed by atoms with E-state index in [-0.39, 0.29) is 28.1 Å². The molecule has 1 amide bonds. The number of aryl methyl sites for hydroxylation is 2. The Morgan fingerprint density at radius 2 is 1.73 bits per heavy atom. The number of carbonyl (C=O) groups excluding carboxylic acids is 1. The molecule has 0 fully saturated rings. The predicted octanol–water partition coefficient (Wildman–Crippen LogP) is 3.67. The Kier molecular flexibility index (Phi) is 6.52. The molecule has 0 saturated heterocycles. The van der Waals surface area contributed by atoms with Crippen molar-refractivity contribution in [3.05, 3.63) is 59.7 Å². The standard InChI is InChI=1S/C21H24N4O3S2/c1-4-29-21-19(30(27,28)16-11-6-5-7-12-16)20(22)25(24-21)13-17(26)23-18-14(2)9-8-10-15(18)3/h5-12H,4,13,22H2,1-3H3,(H,23,26). The van der Waals surface area contributed by atoms with Crippen LogP contribution in [0.2, 0.25) is 0 Å². The van der Waals surface area contributed by atoms with Gasteiger partial charge < -0.3 is 11.1 Å². The molecule has 2 aromatic carbocycles. The minimum absolute atomic E-state index is 0.0496. The van der Waals surface area contributed by atoms with Gasteiger partial charge in [-0.15, -0.1) is 11.8 Å². The highest BCUT2D eigenvalue weighted by Gasteiger charge is 2.30. The molecule has 1 heterocycles. The molecule has 9 heteroatoms. The molecule has 0 atom stereocenters. The van der Waals surface area contributed by atoms with Gasteiger partial charge in [0.1, 0.15) is 22.3 Å². The van der Waals surface area contributed by atoms with Crippen molar-refractivity contribution in [2.24, 2.45) is 0 Å². The van der Waals surface area contributed by atoms with Gasteiger partial charge in [0.15, 0.2) is 0 Å². The van der Waals surface area contributed by atoms with Gasteiger partial charge in [0.2, 0.25) is 15.7 Å². The lowest BCUT2D eigenvalue weighted by Gasteiger charge is -2.12. The maximum atomic E-state index is 13.2. The van der Waals surface area contributed by atoms with Crippen LogP contribution in [0.25, 0.3) is 0 Å². The Morgan fingerprint density at radius 1 is 1.10 bits per heavy atom. The summed E-state index contributed by atoms with van der Waals surface area (Å²) < 4.78 is 27.6. The highest BCUT2D eigenvalue weighted by Crippen LogP contribution is 2.34. The molecule has 158 valence electrons. The molecule has 0 spiro atoms. The molecule has 1 aromatic heterocycles. The molecular formula is C21H24N4O3S2. The van der Waals surface area contributed by atoms with E-state index in [4.69, 9.17) is 5.73 Å². The zero-order valence-electron chi connectivity index (χ0n) is 17.0. The Hall–Kier alpha value is -2.78. The van der Waals surface area contributed by atoms with E-state index in [2.05, 4.69) is 10.4 Å². The molecule has 7 nitrogen and oxygen atoms in total. The van der Waals surface area contributed by atoms with Crippen LogP contribution in [-0.4, -0.2) is 29.9 Å². The molecule has 30 heavy (non-hydrogen) atoms. The molecule has 0 bridgehead atoms. The maximum absolute atomic E-state index is 13.2. The minimum atomic E-state index is -3.87. The van der Waals surface area contributed by atoms with Gasteiger partial charge in [0.25, 0.3) is 0 Å². The number of nitrogen functional groups attached to an aromatic ring is 1. The van der Waals surface area contributed by atoms with Gasteiger partial charge in [0.05, 0.1) is 4.90 Å². The Balaban J connectivity index is 1.95. The third-order valence-electron chi connectivity index (χ3n) is 4.56. The summed E-state index contributed by atoms with van der Waals surface area (Å²) in [6.07, 6.45) is 0. The fourth-order valence-corrected chi connectivity index (χ4v) is 5.66. The molecule has 0 unspecified atom stereocenters. The summed E-state index contributed by atoms with van der Waals surface area (Å²) in [5.41, 5.74) is 8.79. The van der Waals surface area contributed by atoms with Gasteiger partial charge in [-0.2, -0.15) is 5.10 Å². The van der Waals surface area contributed by atoms with Crippen molar-refractivity contribution in [1.82, 2.24) is 9.78 Å². The normalized spacial score (nSPS) is 11.4. The lowest BCUT2D eigenvalue weighted by Crippen LogP contribution is -2.21. The van der Waals surface area contributed by atoms with Gasteiger partial charge in [-0.3, -0.25) is 4.79 Å². The summed E-state index contributed by atoms with van der Waals surface area (Å²) in [5.74, 6) is 0.229. The summed E-state index contributed by atoms with van der Waals surface area (Å²) in [5, 5.41) is 7.50. The average molecular weight is 445 g/mol. The van der Waals surface area contributed by atoms with Crippen molar-refractivity contribution in [2.45, 2.75) is 42.1 Å². The molecule has 0 aliphatic carbocycles. The zero-order valence-corrected chi connectivity index (χ0v) is 18.7. The summed E-state index contributed by atoms with van der Waals surface area (Å²) in [4.78, 5) is 12.7. The monoisotopic (exact) mass is 444 g/mol. The number of nitrogens with zero attached hydrogens (tertiary/aromatic N) is 2. The van der Waals surface area contributed by atoms with E-state index in [0.29, 0.717) is 10.8 Å². The first-order valence-electron chi connectivity index (χ1n) is 9.41. The van der Waals surface area contributed by atoms with Crippen LogP contribution >= 0.6 is 11.8 Å². The first-order valence-corrected chi connectivity index (χ1v) is 11.9. The van der Waals surface area contributed by atoms with Gasteiger partial charge in [-0.1, -0.05) is 43.3 Å². The van der Waals surface area contributed by atoms with Crippen molar-refractivity contribution in [3.63, 3.8) is 0 Å². The van der Waals surface area contributed by atoms with E-state index >= 15 is 0 Å². The topological polar surface area (TPSA) is 107 Å². The Bertz CT molecular complexity index is 1150. The lowest BCUT2D eigenvalue weighted by atomic mass is 10.1. The Morgan fingerprint density at radius 3 is 2.33 bits per heavy atom. The second kappa shape index (κ2) is 8.93. The van der Waals surface area contributed by atoms with Crippen molar-refractivity contribution < 1.29 is 13.2 Å². The number of benzene rings is 2. The van der Waals surface area contributed by atoms with E-state index in [1.54, 1.807) is 18.2 Å². The van der Waals surface area contributed by atoms with Crippen molar-refractivity contribution in [3.8, 4) is 0 Å². The fraction of sp³-hybridized carbons (Fsp3) is 0.238. The predicted molar refractivity (Wildman–Crippen MR) is 119 cm³/mol. The van der Waals surface area contributed by atoms with E-state index in [1.807, 2.05) is 39.0 Å². The van der Waals surface area contributed by atoms with Crippen LogP contribution in [0.4, 0.5) is 11.5 Å². The van der Waals surface area contributed by atoms with Crippen LogP contribution in [0, 0.1) is 13.8 Å². The van der Waals surface area contributed by atoms with Crippen LogP contribution in [-0.2, 0) is 21.2 Å². The van der Waals surface area contributed by atoms with Gasteiger partial charge >= 0.3 is 0 Å². The molecular weight excluding hydrogens is 420 g/mol. The lowest BCUT2D eigenvalue weighted by molar-refractivity contribution is -0.116. The number of hydrogen-bond donors (Lipinski definition) is 2. The highest BCUT2D eigenvalue weighted by atomic mass is 32.2. The number of anilines is 2.